The Morgan fingerprint density at radius 3 is 3.12 bits per heavy atom. The quantitative estimate of drug-likeness (QED) is 0.746. The Balaban J connectivity index is 2.19. The van der Waals surface area contributed by atoms with Crippen LogP contribution in [0.4, 0.5) is 0 Å². The molecule has 1 saturated heterocycles. The van der Waals surface area contributed by atoms with E-state index >= 15 is 0 Å². The van der Waals surface area contributed by atoms with Crippen LogP contribution in [-0.4, -0.2) is 44.8 Å². The maximum Gasteiger partial charge on any atom is 0.276 e. The topological polar surface area (TPSA) is 87.9 Å². The number of aromatic nitrogens is 3. The number of nitrogens with one attached hydrogen (secondary N) is 1. The number of nitrogens with two attached hydrogens (primary N) is 1. The monoisotopic (exact) mass is 223 g/mol. The van der Waals surface area contributed by atoms with E-state index in [9.17, 15) is 4.79 Å². The molecule has 2 atom stereocenters. The van der Waals surface area contributed by atoms with Gasteiger partial charge in [-0.05, 0) is 26.2 Å². The molecular weight excluding hydrogens is 206 g/mol. The van der Waals surface area contributed by atoms with Crippen LogP contribution >= 0.6 is 0 Å². The summed E-state index contributed by atoms with van der Waals surface area (Å²) in [7, 11) is 0. The molecule has 0 aliphatic carbocycles. The van der Waals surface area contributed by atoms with Crippen LogP contribution in [0.3, 0.4) is 0 Å². The molecule has 0 spiro atoms. The molecule has 6 nitrogen and oxygen atoms in total. The summed E-state index contributed by atoms with van der Waals surface area (Å²) in [6, 6.07) is 0.361. The number of aromatic amines is 1. The van der Waals surface area contributed by atoms with E-state index in [1.54, 1.807) is 0 Å². The van der Waals surface area contributed by atoms with E-state index in [-0.39, 0.29) is 18.0 Å². The lowest BCUT2D eigenvalue weighted by Crippen LogP contribution is -2.51. The van der Waals surface area contributed by atoms with Crippen molar-refractivity contribution < 1.29 is 4.79 Å². The van der Waals surface area contributed by atoms with Gasteiger partial charge in [-0.1, -0.05) is 0 Å². The molecule has 2 heterocycles. The van der Waals surface area contributed by atoms with Crippen LogP contribution in [0.1, 0.15) is 36.7 Å². The first-order valence-corrected chi connectivity index (χ1v) is 5.62. The number of amides is 1. The number of H-pyrrole nitrogens is 1. The lowest BCUT2D eigenvalue weighted by molar-refractivity contribution is 0.0488. The summed E-state index contributed by atoms with van der Waals surface area (Å²) in [6.07, 6.45) is 4.59. The van der Waals surface area contributed by atoms with Gasteiger partial charge in [-0.3, -0.25) is 4.79 Å². The molecule has 2 unspecified atom stereocenters. The Hall–Kier alpha value is -1.43. The van der Waals surface area contributed by atoms with Gasteiger partial charge in [0, 0.05) is 18.6 Å². The lowest BCUT2D eigenvalue weighted by Gasteiger charge is -2.39. The van der Waals surface area contributed by atoms with Crippen LogP contribution in [0.25, 0.3) is 0 Å². The smallest absolute Gasteiger partial charge is 0.276 e. The van der Waals surface area contributed by atoms with Crippen molar-refractivity contribution in [2.24, 2.45) is 5.73 Å². The highest BCUT2D eigenvalue weighted by Gasteiger charge is 2.32. The third-order valence-corrected chi connectivity index (χ3v) is 3.17. The Labute approximate surface area is 94.2 Å². The van der Waals surface area contributed by atoms with E-state index < -0.39 is 0 Å². The number of carbonyl (C=O) groups is 1. The Morgan fingerprint density at radius 1 is 1.69 bits per heavy atom. The minimum absolute atomic E-state index is 0.0728. The summed E-state index contributed by atoms with van der Waals surface area (Å²) in [4.78, 5) is 14.0. The molecule has 1 fully saturated rings. The first kappa shape index (κ1) is 11.1. The van der Waals surface area contributed by atoms with E-state index in [1.807, 2.05) is 4.90 Å². The van der Waals surface area contributed by atoms with E-state index in [0.29, 0.717) is 12.2 Å². The molecule has 1 aliphatic rings. The van der Waals surface area contributed by atoms with Gasteiger partial charge in [0.25, 0.3) is 5.91 Å². The Morgan fingerprint density at radius 2 is 2.50 bits per heavy atom. The highest BCUT2D eigenvalue weighted by atomic mass is 16.2. The zero-order valence-electron chi connectivity index (χ0n) is 9.39. The Kier molecular flexibility index (Phi) is 3.19. The number of nitrogens with zero attached hydrogens (tertiary/aromatic N) is 3. The van der Waals surface area contributed by atoms with Gasteiger partial charge in [0.05, 0.1) is 6.20 Å². The van der Waals surface area contributed by atoms with Gasteiger partial charge in [0.2, 0.25) is 0 Å². The van der Waals surface area contributed by atoms with E-state index in [0.717, 1.165) is 19.3 Å². The molecule has 1 aliphatic heterocycles. The number of hydrogen-bond acceptors (Lipinski definition) is 4. The predicted molar refractivity (Wildman–Crippen MR) is 58.7 cm³/mol. The van der Waals surface area contributed by atoms with Gasteiger partial charge in [0.15, 0.2) is 5.69 Å². The average molecular weight is 223 g/mol. The number of rotatable bonds is 2. The molecular formula is C10H17N5O. The summed E-state index contributed by atoms with van der Waals surface area (Å²) in [5.41, 5.74) is 6.08. The maximum atomic E-state index is 12.2. The third kappa shape index (κ3) is 1.92. The number of hydrogen-bond donors (Lipinski definition) is 2. The second-order valence-electron chi connectivity index (χ2n) is 4.24. The molecule has 0 bridgehead atoms. The van der Waals surface area contributed by atoms with Crippen LogP contribution in [0.5, 0.6) is 0 Å². The highest BCUT2D eigenvalue weighted by molar-refractivity contribution is 5.92. The minimum Gasteiger partial charge on any atom is -0.330 e. The van der Waals surface area contributed by atoms with Gasteiger partial charge < -0.3 is 10.6 Å². The van der Waals surface area contributed by atoms with E-state index in [4.69, 9.17) is 5.73 Å². The molecule has 0 aromatic carbocycles. The van der Waals surface area contributed by atoms with Crippen molar-refractivity contribution in [1.82, 2.24) is 20.3 Å². The molecule has 0 radical (unpaired) electrons. The van der Waals surface area contributed by atoms with Gasteiger partial charge >= 0.3 is 0 Å². The van der Waals surface area contributed by atoms with Crippen molar-refractivity contribution in [2.45, 2.75) is 38.3 Å². The molecule has 1 aromatic heterocycles. The number of piperidine rings is 1. The lowest BCUT2D eigenvalue weighted by atomic mass is 9.96. The van der Waals surface area contributed by atoms with Crippen molar-refractivity contribution in [2.75, 3.05) is 6.54 Å². The van der Waals surface area contributed by atoms with Crippen molar-refractivity contribution in [3.05, 3.63) is 11.9 Å². The number of likely N-dealkylation sites (tertiary alicyclic amines) is 1. The molecule has 3 N–H and O–H groups in total. The summed E-state index contributed by atoms with van der Waals surface area (Å²) in [6.45, 7) is 2.56. The second kappa shape index (κ2) is 4.61. The summed E-state index contributed by atoms with van der Waals surface area (Å²) in [5, 5.41) is 9.94. The fourth-order valence-electron chi connectivity index (χ4n) is 2.32. The minimum atomic E-state index is -0.0728. The van der Waals surface area contributed by atoms with E-state index in [1.165, 1.54) is 6.20 Å². The largest absolute Gasteiger partial charge is 0.330 e. The summed E-state index contributed by atoms with van der Waals surface area (Å²) < 4.78 is 0. The SMILES string of the molecule is CC1CCCC(CN)N1C(=O)c1cn[nH]n1. The van der Waals surface area contributed by atoms with Gasteiger partial charge in [0.1, 0.15) is 0 Å². The molecule has 1 aromatic rings. The van der Waals surface area contributed by atoms with Crippen LogP contribution in [0, 0.1) is 0 Å². The van der Waals surface area contributed by atoms with Crippen LogP contribution in [0.15, 0.2) is 6.20 Å². The van der Waals surface area contributed by atoms with Gasteiger partial charge in [-0.25, -0.2) is 0 Å². The maximum absolute atomic E-state index is 12.2. The summed E-state index contributed by atoms with van der Waals surface area (Å²) in [5.74, 6) is -0.0728. The molecule has 1 amide bonds. The first-order chi connectivity index (χ1) is 7.74. The van der Waals surface area contributed by atoms with Crippen LogP contribution in [-0.2, 0) is 0 Å². The second-order valence-corrected chi connectivity index (χ2v) is 4.24. The van der Waals surface area contributed by atoms with Gasteiger partial charge in [-0.2, -0.15) is 15.4 Å². The predicted octanol–water partition coefficient (Wildman–Crippen LogP) is 0.147. The standard InChI is InChI=1S/C10H17N5O/c1-7-3-2-4-8(5-11)15(7)10(16)9-6-12-14-13-9/h6-8H,2-5,11H2,1H3,(H,12,13,14). The molecule has 16 heavy (non-hydrogen) atoms. The third-order valence-electron chi connectivity index (χ3n) is 3.17. The van der Waals surface area contributed by atoms with Crippen LogP contribution in [0.2, 0.25) is 0 Å². The van der Waals surface area contributed by atoms with Crippen molar-refractivity contribution in [1.29, 1.82) is 0 Å². The van der Waals surface area contributed by atoms with Crippen molar-refractivity contribution in [3.8, 4) is 0 Å². The molecule has 2 rings (SSSR count). The zero-order valence-corrected chi connectivity index (χ0v) is 9.39. The zero-order chi connectivity index (χ0) is 11.5. The van der Waals surface area contributed by atoms with Crippen molar-refractivity contribution >= 4 is 5.91 Å². The number of carbonyl (C=O) groups excluding carboxylic acids is 1. The van der Waals surface area contributed by atoms with E-state index in [2.05, 4.69) is 22.3 Å². The summed E-state index contributed by atoms with van der Waals surface area (Å²) >= 11 is 0. The van der Waals surface area contributed by atoms with Crippen LogP contribution < -0.4 is 5.73 Å². The fraction of sp³-hybridized carbons (Fsp3) is 0.700. The molecule has 6 heteroatoms. The normalized spacial score (nSPS) is 25.8. The highest BCUT2D eigenvalue weighted by Crippen LogP contribution is 2.23. The molecule has 0 saturated carbocycles. The van der Waals surface area contributed by atoms with Gasteiger partial charge in [-0.15, -0.1) is 0 Å². The molecule has 88 valence electrons. The fourth-order valence-corrected chi connectivity index (χ4v) is 2.32. The Bertz CT molecular complexity index is 350. The van der Waals surface area contributed by atoms with Crippen molar-refractivity contribution in [3.63, 3.8) is 0 Å². The average Bonchev–Trinajstić information content (AvgIpc) is 2.81. The first-order valence-electron chi connectivity index (χ1n) is 5.62.